The van der Waals surface area contributed by atoms with E-state index in [-0.39, 0.29) is 5.41 Å². The van der Waals surface area contributed by atoms with Crippen LogP contribution in [0.3, 0.4) is 0 Å². The summed E-state index contributed by atoms with van der Waals surface area (Å²) >= 11 is 1.48. The SMILES string of the molecule is CC(C)(C)c1ccc(-c2cccc(C=NN=C(N)SCc3ccccc3)c2)cc1. The molecule has 2 N–H and O–H groups in total. The van der Waals surface area contributed by atoms with Gasteiger partial charge >= 0.3 is 0 Å². The molecule has 0 aliphatic rings. The molecule has 3 nitrogen and oxygen atoms in total. The average Bonchev–Trinajstić information content (AvgIpc) is 2.73. The van der Waals surface area contributed by atoms with Gasteiger partial charge in [-0.3, -0.25) is 0 Å². The van der Waals surface area contributed by atoms with E-state index in [4.69, 9.17) is 5.73 Å². The lowest BCUT2D eigenvalue weighted by molar-refractivity contribution is 0.590. The summed E-state index contributed by atoms with van der Waals surface area (Å²) in [5, 5.41) is 8.71. The van der Waals surface area contributed by atoms with Gasteiger partial charge in [0.2, 0.25) is 0 Å². The first-order chi connectivity index (χ1) is 13.9. The number of benzene rings is 3. The summed E-state index contributed by atoms with van der Waals surface area (Å²) in [5.74, 6) is 0.783. The number of hydrogen-bond donors (Lipinski definition) is 1. The summed E-state index contributed by atoms with van der Waals surface area (Å²) in [6.45, 7) is 6.68. The van der Waals surface area contributed by atoms with Gasteiger partial charge in [-0.25, -0.2) is 0 Å². The molecular formula is C25H27N3S. The number of hydrogen-bond acceptors (Lipinski definition) is 3. The molecule has 0 spiro atoms. The van der Waals surface area contributed by atoms with E-state index in [1.165, 1.54) is 28.5 Å². The fourth-order valence-corrected chi connectivity index (χ4v) is 3.49. The summed E-state index contributed by atoms with van der Waals surface area (Å²) in [7, 11) is 0. The molecule has 4 heteroatoms. The van der Waals surface area contributed by atoms with Crippen LogP contribution < -0.4 is 5.73 Å². The number of nitrogens with two attached hydrogens (primary N) is 1. The Morgan fingerprint density at radius 1 is 0.897 bits per heavy atom. The Morgan fingerprint density at radius 2 is 1.62 bits per heavy atom. The Hall–Kier alpha value is -2.85. The van der Waals surface area contributed by atoms with Gasteiger partial charge in [0.05, 0.1) is 6.21 Å². The standard InChI is InChI=1S/C25H27N3S/c1-25(2,3)23-14-12-21(13-15-23)22-11-7-10-20(16-22)17-27-28-24(26)29-18-19-8-5-4-6-9-19/h4-17H,18H2,1-3H3,(H2,26,28). The van der Waals surface area contributed by atoms with Crippen LogP contribution in [0, 0.1) is 0 Å². The van der Waals surface area contributed by atoms with Crippen LogP contribution in [0.4, 0.5) is 0 Å². The molecule has 0 fully saturated rings. The molecule has 3 aromatic rings. The third kappa shape index (κ3) is 6.33. The molecule has 0 atom stereocenters. The van der Waals surface area contributed by atoms with Crippen molar-refractivity contribution in [1.29, 1.82) is 0 Å². The van der Waals surface area contributed by atoms with Crippen molar-refractivity contribution in [3.8, 4) is 11.1 Å². The second kappa shape index (κ2) is 9.57. The maximum Gasteiger partial charge on any atom is 0.180 e. The molecule has 0 saturated heterocycles. The fourth-order valence-electron chi connectivity index (χ4n) is 2.87. The second-order valence-corrected chi connectivity index (χ2v) is 8.91. The Morgan fingerprint density at radius 3 is 2.31 bits per heavy atom. The van der Waals surface area contributed by atoms with Crippen molar-refractivity contribution < 1.29 is 0 Å². The number of nitrogens with zero attached hydrogens (tertiary/aromatic N) is 2. The highest BCUT2D eigenvalue weighted by atomic mass is 32.2. The van der Waals surface area contributed by atoms with Crippen LogP contribution in [-0.4, -0.2) is 11.4 Å². The van der Waals surface area contributed by atoms with Crippen LogP contribution in [0.1, 0.15) is 37.5 Å². The van der Waals surface area contributed by atoms with Gasteiger partial charge in [0.1, 0.15) is 0 Å². The van der Waals surface area contributed by atoms with Crippen molar-refractivity contribution in [2.75, 3.05) is 0 Å². The highest BCUT2D eigenvalue weighted by molar-refractivity contribution is 8.13. The van der Waals surface area contributed by atoms with Gasteiger partial charge in [-0.1, -0.05) is 105 Å². The predicted molar refractivity (Wildman–Crippen MR) is 128 cm³/mol. The van der Waals surface area contributed by atoms with E-state index < -0.39 is 0 Å². The Bertz CT molecular complexity index is 985. The van der Waals surface area contributed by atoms with E-state index in [0.29, 0.717) is 5.17 Å². The van der Waals surface area contributed by atoms with Crippen molar-refractivity contribution in [1.82, 2.24) is 0 Å². The lowest BCUT2D eigenvalue weighted by Crippen LogP contribution is -2.10. The first kappa shape index (κ1) is 20.9. The van der Waals surface area contributed by atoms with Crippen molar-refractivity contribution in [2.45, 2.75) is 31.9 Å². The van der Waals surface area contributed by atoms with Gasteiger partial charge in [-0.2, -0.15) is 5.10 Å². The Labute approximate surface area is 177 Å². The van der Waals surface area contributed by atoms with Crippen LogP contribution in [0.5, 0.6) is 0 Å². The molecular weight excluding hydrogens is 374 g/mol. The molecule has 0 radical (unpaired) electrons. The summed E-state index contributed by atoms with van der Waals surface area (Å²) in [4.78, 5) is 0. The average molecular weight is 402 g/mol. The minimum atomic E-state index is 0.156. The Kier molecular flexibility index (Phi) is 6.89. The van der Waals surface area contributed by atoms with Gasteiger partial charge < -0.3 is 5.73 Å². The molecule has 148 valence electrons. The van der Waals surface area contributed by atoms with E-state index in [1.807, 2.05) is 30.3 Å². The molecule has 0 saturated carbocycles. The van der Waals surface area contributed by atoms with E-state index in [0.717, 1.165) is 16.9 Å². The number of amidine groups is 1. The minimum absolute atomic E-state index is 0.156. The monoisotopic (exact) mass is 401 g/mol. The number of rotatable bonds is 5. The topological polar surface area (TPSA) is 50.7 Å². The zero-order valence-corrected chi connectivity index (χ0v) is 18.0. The van der Waals surface area contributed by atoms with Crippen LogP contribution >= 0.6 is 11.8 Å². The van der Waals surface area contributed by atoms with Crippen LogP contribution in [0.2, 0.25) is 0 Å². The third-order valence-corrected chi connectivity index (χ3v) is 5.42. The lowest BCUT2D eigenvalue weighted by Gasteiger charge is -2.19. The molecule has 0 aliphatic heterocycles. The second-order valence-electron chi connectivity index (χ2n) is 7.91. The number of thioether (sulfide) groups is 1. The van der Waals surface area contributed by atoms with Gasteiger partial charge in [-0.05, 0) is 39.3 Å². The molecule has 0 heterocycles. The largest absolute Gasteiger partial charge is 0.377 e. The van der Waals surface area contributed by atoms with Crippen LogP contribution in [0.15, 0.2) is 89.1 Å². The summed E-state index contributed by atoms with van der Waals surface area (Å²) < 4.78 is 0. The lowest BCUT2D eigenvalue weighted by atomic mass is 9.86. The zero-order valence-electron chi connectivity index (χ0n) is 17.2. The van der Waals surface area contributed by atoms with Gasteiger partial charge in [0.15, 0.2) is 5.17 Å². The minimum Gasteiger partial charge on any atom is -0.377 e. The smallest absolute Gasteiger partial charge is 0.180 e. The maximum absolute atomic E-state index is 5.96. The quantitative estimate of drug-likeness (QED) is 0.313. The van der Waals surface area contributed by atoms with E-state index in [2.05, 4.69) is 79.5 Å². The molecule has 0 aromatic heterocycles. The first-order valence-electron chi connectivity index (χ1n) is 9.66. The summed E-state index contributed by atoms with van der Waals surface area (Å²) in [6.07, 6.45) is 1.74. The van der Waals surface area contributed by atoms with Crippen LogP contribution in [-0.2, 0) is 11.2 Å². The molecule has 3 aromatic carbocycles. The van der Waals surface area contributed by atoms with Gasteiger partial charge in [0.25, 0.3) is 0 Å². The van der Waals surface area contributed by atoms with Crippen molar-refractivity contribution >= 4 is 23.1 Å². The van der Waals surface area contributed by atoms with Crippen molar-refractivity contribution in [2.24, 2.45) is 15.9 Å². The highest BCUT2D eigenvalue weighted by Crippen LogP contribution is 2.26. The molecule has 0 amide bonds. The fraction of sp³-hybridized carbons (Fsp3) is 0.200. The molecule has 3 rings (SSSR count). The predicted octanol–water partition coefficient (Wildman–Crippen LogP) is 6.23. The van der Waals surface area contributed by atoms with Gasteiger partial charge in [-0.15, -0.1) is 5.10 Å². The normalized spacial score (nSPS) is 12.4. The van der Waals surface area contributed by atoms with Crippen LogP contribution in [0.25, 0.3) is 11.1 Å². The Balaban J connectivity index is 1.64. The van der Waals surface area contributed by atoms with E-state index >= 15 is 0 Å². The molecule has 0 bridgehead atoms. The first-order valence-corrected chi connectivity index (χ1v) is 10.6. The third-order valence-electron chi connectivity index (χ3n) is 4.56. The maximum atomic E-state index is 5.96. The van der Waals surface area contributed by atoms with Gasteiger partial charge in [0, 0.05) is 5.75 Å². The molecule has 29 heavy (non-hydrogen) atoms. The summed E-state index contributed by atoms with van der Waals surface area (Å²) in [5.41, 5.74) is 12.0. The van der Waals surface area contributed by atoms with Crippen molar-refractivity contribution in [3.05, 3.63) is 95.6 Å². The zero-order chi connectivity index (χ0) is 20.7. The molecule has 0 aliphatic carbocycles. The highest BCUT2D eigenvalue weighted by Gasteiger charge is 2.13. The summed E-state index contributed by atoms with van der Waals surface area (Å²) in [6, 6.07) is 27.2. The molecule has 0 unspecified atom stereocenters. The van der Waals surface area contributed by atoms with E-state index in [9.17, 15) is 0 Å². The van der Waals surface area contributed by atoms with Crippen molar-refractivity contribution in [3.63, 3.8) is 0 Å². The van der Waals surface area contributed by atoms with E-state index in [1.54, 1.807) is 6.21 Å².